The molecule has 1 fully saturated rings. The summed E-state index contributed by atoms with van der Waals surface area (Å²) in [6, 6.07) is 16.4. The lowest BCUT2D eigenvalue weighted by Gasteiger charge is -2.27. The summed E-state index contributed by atoms with van der Waals surface area (Å²) >= 11 is 1.65. The third kappa shape index (κ3) is 4.66. The highest BCUT2D eigenvalue weighted by atomic mass is 32.1. The van der Waals surface area contributed by atoms with E-state index in [9.17, 15) is 4.79 Å². The highest BCUT2D eigenvalue weighted by molar-refractivity contribution is 7.14. The van der Waals surface area contributed by atoms with Gasteiger partial charge in [-0.2, -0.15) is 0 Å². The molecule has 0 atom stereocenters. The Hall–Kier alpha value is -2.70. The van der Waals surface area contributed by atoms with Gasteiger partial charge in [0.2, 0.25) is 0 Å². The smallest absolute Gasteiger partial charge is 0.253 e. The second-order valence-electron chi connectivity index (χ2n) is 7.48. The summed E-state index contributed by atoms with van der Waals surface area (Å²) in [7, 11) is 2.05. The summed E-state index contributed by atoms with van der Waals surface area (Å²) in [6.07, 6.45) is 0. The van der Waals surface area contributed by atoms with E-state index in [0.29, 0.717) is 0 Å². The van der Waals surface area contributed by atoms with Crippen LogP contribution in [0.4, 0.5) is 5.13 Å². The van der Waals surface area contributed by atoms with Crippen LogP contribution < -0.4 is 10.2 Å². The first-order valence-corrected chi connectivity index (χ1v) is 10.8. The average molecular weight is 407 g/mol. The van der Waals surface area contributed by atoms with Crippen molar-refractivity contribution < 1.29 is 4.79 Å². The topological polar surface area (TPSA) is 48.5 Å². The number of amides is 1. The van der Waals surface area contributed by atoms with Gasteiger partial charge in [-0.15, -0.1) is 11.3 Å². The number of rotatable bonds is 5. The van der Waals surface area contributed by atoms with Gasteiger partial charge in [-0.05, 0) is 24.6 Å². The number of benzene rings is 2. The van der Waals surface area contributed by atoms with E-state index in [4.69, 9.17) is 4.98 Å². The van der Waals surface area contributed by atoms with Crippen LogP contribution in [0.25, 0.3) is 11.3 Å². The van der Waals surface area contributed by atoms with Crippen molar-refractivity contribution in [3.8, 4) is 11.3 Å². The molecule has 2 heterocycles. The third-order valence-electron chi connectivity index (χ3n) is 5.19. The third-order valence-corrected chi connectivity index (χ3v) is 6.15. The fourth-order valence-electron chi connectivity index (χ4n) is 3.44. The molecule has 29 heavy (non-hydrogen) atoms. The average Bonchev–Trinajstić information content (AvgIpc) is 3.25. The van der Waals surface area contributed by atoms with Gasteiger partial charge in [-0.1, -0.05) is 42.0 Å². The van der Waals surface area contributed by atoms with E-state index in [0.717, 1.165) is 60.2 Å². The van der Waals surface area contributed by atoms with Crippen molar-refractivity contribution in [1.29, 1.82) is 0 Å². The maximum atomic E-state index is 12.6. The standard InChI is InChI=1S/C23H26N4OS/c1-17-3-7-19(8-4-17)21-16-29-23(25-21)26(2)15-18-5-9-20(10-6-18)22(28)27-13-11-24-12-14-27/h3-10,16,24H,11-15H2,1-2H3. The van der Waals surface area contributed by atoms with Crippen LogP contribution in [0, 0.1) is 6.92 Å². The van der Waals surface area contributed by atoms with Gasteiger partial charge in [0.05, 0.1) is 5.69 Å². The molecule has 0 spiro atoms. The zero-order valence-electron chi connectivity index (χ0n) is 16.9. The van der Waals surface area contributed by atoms with Crippen molar-refractivity contribution in [2.45, 2.75) is 13.5 Å². The number of hydrogen-bond acceptors (Lipinski definition) is 5. The van der Waals surface area contributed by atoms with Crippen molar-refractivity contribution in [2.24, 2.45) is 0 Å². The minimum absolute atomic E-state index is 0.120. The number of aryl methyl sites for hydroxylation is 1. The Labute approximate surface area is 176 Å². The number of hydrogen-bond donors (Lipinski definition) is 1. The zero-order chi connectivity index (χ0) is 20.2. The quantitative estimate of drug-likeness (QED) is 0.700. The Balaban J connectivity index is 1.40. The summed E-state index contributed by atoms with van der Waals surface area (Å²) in [5.41, 5.74) is 5.32. The molecule has 3 aromatic rings. The van der Waals surface area contributed by atoms with Gasteiger partial charge >= 0.3 is 0 Å². The van der Waals surface area contributed by atoms with Crippen molar-refractivity contribution >= 4 is 22.4 Å². The fourth-order valence-corrected chi connectivity index (χ4v) is 4.24. The Morgan fingerprint density at radius 3 is 2.48 bits per heavy atom. The Kier molecular flexibility index (Phi) is 5.92. The molecule has 1 aliphatic rings. The molecule has 0 saturated carbocycles. The van der Waals surface area contributed by atoms with Gasteiger partial charge in [-0.3, -0.25) is 4.79 Å². The van der Waals surface area contributed by atoms with Crippen LogP contribution in [0.3, 0.4) is 0 Å². The van der Waals surface area contributed by atoms with Gasteiger partial charge in [0.25, 0.3) is 5.91 Å². The number of carbonyl (C=O) groups excluding carboxylic acids is 1. The number of anilines is 1. The van der Waals surface area contributed by atoms with Gasteiger partial charge in [0, 0.05) is 56.3 Å². The van der Waals surface area contributed by atoms with E-state index >= 15 is 0 Å². The van der Waals surface area contributed by atoms with Crippen LogP contribution in [0.15, 0.2) is 53.9 Å². The van der Waals surface area contributed by atoms with E-state index in [-0.39, 0.29) is 5.91 Å². The van der Waals surface area contributed by atoms with E-state index in [1.54, 1.807) is 11.3 Å². The maximum absolute atomic E-state index is 12.6. The number of piperazine rings is 1. The van der Waals surface area contributed by atoms with Crippen molar-refractivity contribution in [2.75, 3.05) is 38.1 Å². The predicted octanol–water partition coefficient (Wildman–Crippen LogP) is 3.80. The lowest BCUT2D eigenvalue weighted by atomic mass is 10.1. The number of nitrogens with zero attached hydrogens (tertiary/aromatic N) is 3. The number of nitrogens with one attached hydrogen (secondary N) is 1. The van der Waals surface area contributed by atoms with Gasteiger partial charge in [0.1, 0.15) is 0 Å². The van der Waals surface area contributed by atoms with Crippen LogP contribution in [0.1, 0.15) is 21.5 Å². The van der Waals surface area contributed by atoms with Gasteiger partial charge in [0.15, 0.2) is 5.13 Å². The fraction of sp³-hybridized carbons (Fsp3) is 0.304. The summed E-state index contributed by atoms with van der Waals surface area (Å²) < 4.78 is 0. The first-order valence-electron chi connectivity index (χ1n) is 9.93. The first-order chi connectivity index (χ1) is 14.1. The van der Waals surface area contributed by atoms with E-state index in [2.05, 4.69) is 53.8 Å². The predicted molar refractivity (Wildman–Crippen MR) is 120 cm³/mol. The second-order valence-corrected chi connectivity index (χ2v) is 8.31. The van der Waals surface area contributed by atoms with E-state index in [1.807, 2.05) is 29.2 Å². The minimum Gasteiger partial charge on any atom is -0.347 e. The molecular weight excluding hydrogens is 380 g/mol. The summed E-state index contributed by atoms with van der Waals surface area (Å²) in [6.45, 7) is 6.13. The van der Waals surface area contributed by atoms with E-state index < -0.39 is 0 Å². The summed E-state index contributed by atoms with van der Waals surface area (Å²) in [5, 5.41) is 6.37. The highest BCUT2D eigenvalue weighted by Gasteiger charge is 2.18. The molecule has 0 unspecified atom stereocenters. The molecule has 1 saturated heterocycles. The molecule has 1 N–H and O–H groups in total. The monoisotopic (exact) mass is 406 g/mol. The van der Waals surface area contributed by atoms with Crippen LogP contribution in [-0.2, 0) is 6.54 Å². The lowest BCUT2D eigenvalue weighted by molar-refractivity contribution is 0.0736. The molecule has 2 aromatic carbocycles. The molecule has 1 aliphatic heterocycles. The van der Waals surface area contributed by atoms with Gasteiger partial charge < -0.3 is 15.1 Å². The SMILES string of the molecule is Cc1ccc(-c2csc(N(C)Cc3ccc(C(=O)N4CCNCC4)cc3)n2)cc1. The highest BCUT2D eigenvalue weighted by Crippen LogP contribution is 2.28. The normalized spacial score (nSPS) is 14.1. The summed E-state index contributed by atoms with van der Waals surface area (Å²) in [5.74, 6) is 0.120. The number of carbonyl (C=O) groups is 1. The molecule has 4 rings (SSSR count). The van der Waals surface area contributed by atoms with E-state index in [1.165, 1.54) is 5.56 Å². The molecule has 5 nitrogen and oxygen atoms in total. The van der Waals surface area contributed by atoms with Crippen molar-refractivity contribution in [1.82, 2.24) is 15.2 Å². The van der Waals surface area contributed by atoms with Crippen LogP contribution >= 0.6 is 11.3 Å². The zero-order valence-corrected chi connectivity index (χ0v) is 17.7. The molecule has 1 aromatic heterocycles. The number of thiazole rings is 1. The van der Waals surface area contributed by atoms with Crippen LogP contribution in [0.5, 0.6) is 0 Å². The largest absolute Gasteiger partial charge is 0.347 e. The van der Waals surface area contributed by atoms with Crippen LogP contribution in [-0.4, -0.2) is 49.0 Å². The Morgan fingerprint density at radius 1 is 1.10 bits per heavy atom. The number of aromatic nitrogens is 1. The van der Waals surface area contributed by atoms with Crippen molar-refractivity contribution in [3.63, 3.8) is 0 Å². The Morgan fingerprint density at radius 2 is 1.79 bits per heavy atom. The second kappa shape index (κ2) is 8.76. The summed E-state index contributed by atoms with van der Waals surface area (Å²) in [4.78, 5) is 21.4. The minimum atomic E-state index is 0.120. The molecule has 0 bridgehead atoms. The van der Waals surface area contributed by atoms with Gasteiger partial charge in [-0.25, -0.2) is 4.98 Å². The molecule has 150 valence electrons. The molecule has 6 heteroatoms. The molecular formula is C23H26N4OS. The molecule has 1 amide bonds. The lowest BCUT2D eigenvalue weighted by Crippen LogP contribution is -2.46. The molecule has 0 radical (unpaired) electrons. The first kappa shape index (κ1) is 19.6. The maximum Gasteiger partial charge on any atom is 0.253 e. The Bertz CT molecular complexity index is 959. The van der Waals surface area contributed by atoms with Crippen molar-refractivity contribution in [3.05, 3.63) is 70.6 Å². The molecule has 0 aliphatic carbocycles. The van der Waals surface area contributed by atoms with Crippen LogP contribution in [0.2, 0.25) is 0 Å².